The average Bonchev–Trinajstić information content (AvgIpc) is 2.94. The van der Waals surface area contributed by atoms with Crippen LogP contribution in [0.1, 0.15) is 23.2 Å². The molecule has 0 fully saturated rings. The minimum atomic E-state index is -1.14. The summed E-state index contributed by atoms with van der Waals surface area (Å²) in [6, 6.07) is 20.8. The summed E-state index contributed by atoms with van der Waals surface area (Å²) in [5.74, 6) is -1.65. The molecule has 39 heavy (non-hydrogen) atoms. The van der Waals surface area contributed by atoms with E-state index in [9.17, 15) is 18.8 Å². The third-order valence-electron chi connectivity index (χ3n) is 5.14. The summed E-state index contributed by atoms with van der Waals surface area (Å²) in [6.07, 6.45) is 1.57. The Morgan fingerprint density at radius 2 is 1.28 bits per heavy atom. The molecular weight excluding hydrogens is 507 g/mol. The van der Waals surface area contributed by atoms with Gasteiger partial charge in [-0.3, -0.25) is 4.79 Å². The molecule has 9 heteroatoms. The maximum absolute atomic E-state index is 12.5. The van der Waals surface area contributed by atoms with Gasteiger partial charge in [-0.05, 0) is 59.7 Å². The van der Waals surface area contributed by atoms with Crippen molar-refractivity contribution in [3.05, 3.63) is 104 Å². The summed E-state index contributed by atoms with van der Waals surface area (Å²) in [4.78, 5) is 34.8. The molecule has 0 aliphatic carbocycles. The highest BCUT2D eigenvalue weighted by molar-refractivity contribution is 5.91. The van der Waals surface area contributed by atoms with Crippen LogP contribution < -0.4 is 14.2 Å². The van der Waals surface area contributed by atoms with E-state index >= 15 is 0 Å². The molecule has 0 unspecified atom stereocenters. The first-order valence-corrected chi connectivity index (χ1v) is 12.0. The summed E-state index contributed by atoms with van der Waals surface area (Å²) in [5, 5.41) is 0. The second-order valence-electron chi connectivity index (χ2n) is 7.96. The number of esters is 3. The molecule has 0 radical (unpaired) electrons. The topological polar surface area (TPSA) is 97.4 Å². The summed E-state index contributed by atoms with van der Waals surface area (Å²) < 4.78 is 38.3. The molecule has 3 rings (SSSR count). The van der Waals surface area contributed by atoms with E-state index in [1.165, 1.54) is 0 Å². The van der Waals surface area contributed by atoms with Crippen molar-refractivity contribution in [1.82, 2.24) is 0 Å². The Balaban J connectivity index is 1.44. The molecule has 0 saturated carbocycles. The average molecular weight is 535 g/mol. The van der Waals surface area contributed by atoms with Gasteiger partial charge in [0.15, 0.2) is 0 Å². The molecular formula is C30H27FO8. The predicted octanol–water partition coefficient (Wildman–Crippen LogP) is 5.82. The van der Waals surface area contributed by atoms with E-state index in [1.54, 1.807) is 48.5 Å². The van der Waals surface area contributed by atoms with Gasteiger partial charge in [0, 0.05) is 6.42 Å². The third kappa shape index (κ3) is 9.47. The van der Waals surface area contributed by atoms with Crippen LogP contribution >= 0.6 is 0 Å². The predicted molar refractivity (Wildman–Crippen MR) is 141 cm³/mol. The smallest absolute Gasteiger partial charge is 0.366 e. The molecule has 0 bridgehead atoms. The van der Waals surface area contributed by atoms with Crippen LogP contribution in [0.15, 0.2) is 98.0 Å². The standard InChI is InChI=1S/C30H27FO8/c1-3-35-28(32)17-20-37-25-11-9-23(10-12-25)22-5-7-24(8-6-22)30(34)39-27-15-13-26(14-16-27)36-18-4-19-38-29(33)21(2)31/h3,5-16H,1-2,4,17-20H2. The van der Waals surface area contributed by atoms with Gasteiger partial charge in [0.1, 0.15) is 17.2 Å². The SMILES string of the molecule is C=COC(=O)CCOc1ccc(-c2ccc(C(=O)Oc3ccc(OCCCOC(=O)C(=C)F)cc3)cc2)cc1. The molecule has 0 atom stereocenters. The molecule has 3 aromatic rings. The summed E-state index contributed by atoms with van der Waals surface area (Å²) in [6.45, 7) is 6.64. The highest BCUT2D eigenvalue weighted by atomic mass is 19.1. The Hall–Kier alpha value is -4.92. The Bertz CT molecular complexity index is 1280. The quantitative estimate of drug-likeness (QED) is 0.0839. The Labute approximate surface area is 225 Å². The summed E-state index contributed by atoms with van der Waals surface area (Å²) in [7, 11) is 0. The number of hydrogen-bond acceptors (Lipinski definition) is 8. The fourth-order valence-corrected chi connectivity index (χ4v) is 3.21. The third-order valence-corrected chi connectivity index (χ3v) is 5.14. The first-order chi connectivity index (χ1) is 18.9. The van der Waals surface area contributed by atoms with E-state index in [0.29, 0.717) is 29.2 Å². The lowest BCUT2D eigenvalue weighted by molar-refractivity contribution is -0.141. The van der Waals surface area contributed by atoms with Crippen LogP contribution in [0, 0.1) is 0 Å². The minimum absolute atomic E-state index is 0.00600. The van der Waals surface area contributed by atoms with Gasteiger partial charge in [-0.1, -0.05) is 37.4 Å². The molecule has 202 valence electrons. The second kappa shape index (κ2) is 14.7. The molecule has 8 nitrogen and oxygen atoms in total. The van der Waals surface area contributed by atoms with Crippen molar-refractivity contribution in [2.75, 3.05) is 19.8 Å². The monoisotopic (exact) mass is 534 g/mol. The molecule has 0 aliphatic rings. The minimum Gasteiger partial charge on any atom is -0.493 e. The molecule has 3 aromatic carbocycles. The molecule has 0 aromatic heterocycles. The van der Waals surface area contributed by atoms with Gasteiger partial charge in [-0.15, -0.1) is 0 Å². The maximum Gasteiger partial charge on any atom is 0.366 e. The molecule has 0 spiro atoms. The van der Waals surface area contributed by atoms with Crippen LogP contribution in [0.3, 0.4) is 0 Å². The lowest BCUT2D eigenvalue weighted by Crippen LogP contribution is -2.09. The van der Waals surface area contributed by atoms with Crippen molar-refractivity contribution in [2.45, 2.75) is 12.8 Å². The number of carbonyl (C=O) groups excluding carboxylic acids is 3. The normalized spacial score (nSPS) is 10.2. The number of hydrogen-bond donors (Lipinski definition) is 0. The zero-order valence-electron chi connectivity index (χ0n) is 21.1. The number of halogens is 1. The van der Waals surface area contributed by atoms with Crippen molar-refractivity contribution >= 4 is 17.9 Å². The Morgan fingerprint density at radius 3 is 1.87 bits per heavy atom. The highest BCUT2D eigenvalue weighted by Gasteiger charge is 2.10. The van der Waals surface area contributed by atoms with Crippen LogP contribution in [0.2, 0.25) is 0 Å². The van der Waals surface area contributed by atoms with Crippen molar-refractivity contribution in [3.8, 4) is 28.4 Å². The van der Waals surface area contributed by atoms with E-state index in [0.717, 1.165) is 17.4 Å². The number of rotatable bonds is 14. The molecule has 0 aliphatic heterocycles. The summed E-state index contributed by atoms with van der Waals surface area (Å²) >= 11 is 0. The van der Waals surface area contributed by atoms with Gasteiger partial charge in [-0.2, -0.15) is 4.39 Å². The molecule has 0 N–H and O–H groups in total. The second-order valence-corrected chi connectivity index (χ2v) is 7.96. The van der Waals surface area contributed by atoms with E-state index in [-0.39, 0.29) is 26.2 Å². The Morgan fingerprint density at radius 1 is 0.744 bits per heavy atom. The van der Waals surface area contributed by atoms with Crippen molar-refractivity contribution < 1.29 is 42.5 Å². The van der Waals surface area contributed by atoms with Crippen LogP contribution in [-0.2, 0) is 19.1 Å². The van der Waals surface area contributed by atoms with Crippen LogP contribution in [0.25, 0.3) is 11.1 Å². The first-order valence-electron chi connectivity index (χ1n) is 12.0. The lowest BCUT2D eigenvalue weighted by Gasteiger charge is -2.09. The van der Waals surface area contributed by atoms with Crippen LogP contribution in [0.5, 0.6) is 17.2 Å². The molecule has 0 amide bonds. The fraction of sp³-hybridized carbons (Fsp3) is 0.167. The highest BCUT2D eigenvalue weighted by Crippen LogP contribution is 2.24. The van der Waals surface area contributed by atoms with E-state index in [4.69, 9.17) is 14.2 Å². The Kier molecular flexibility index (Phi) is 10.8. The zero-order chi connectivity index (χ0) is 28.0. The van der Waals surface area contributed by atoms with E-state index in [1.807, 2.05) is 24.3 Å². The van der Waals surface area contributed by atoms with Crippen LogP contribution in [-0.4, -0.2) is 37.7 Å². The van der Waals surface area contributed by atoms with E-state index in [2.05, 4.69) is 22.6 Å². The molecule has 0 saturated heterocycles. The van der Waals surface area contributed by atoms with Crippen molar-refractivity contribution in [1.29, 1.82) is 0 Å². The maximum atomic E-state index is 12.5. The number of benzene rings is 3. The van der Waals surface area contributed by atoms with Crippen molar-refractivity contribution in [2.24, 2.45) is 0 Å². The van der Waals surface area contributed by atoms with Gasteiger partial charge in [0.2, 0.25) is 5.83 Å². The number of ether oxygens (including phenoxy) is 5. The summed E-state index contributed by atoms with van der Waals surface area (Å²) in [5.41, 5.74) is 2.21. The van der Waals surface area contributed by atoms with Crippen LogP contribution in [0.4, 0.5) is 4.39 Å². The molecule has 0 heterocycles. The van der Waals surface area contributed by atoms with Gasteiger partial charge in [0.25, 0.3) is 0 Å². The lowest BCUT2D eigenvalue weighted by atomic mass is 10.0. The number of carbonyl (C=O) groups is 3. The van der Waals surface area contributed by atoms with Gasteiger partial charge in [0.05, 0.1) is 38.1 Å². The van der Waals surface area contributed by atoms with Gasteiger partial charge < -0.3 is 23.7 Å². The van der Waals surface area contributed by atoms with Gasteiger partial charge in [-0.25, -0.2) is 9.59 Å². The fourth-order valence-electron chi connectivity index (χ4n) is 3.21. The van der Waals surface area contributed by atoms with E-state index < -0.39 is 23.7 Å². The van der Waals surface area contributed by atoms with Crippen molar-refractivity contribution in [3.63, 3.8) is 0 Å². The zero-order valence-corrected chi connectivity index (χ0v) is 21.1. The largest absolute Gasteiger partial charge is 0.493 e. The van der Waals surface area contributed by atoms with Gasteiger partial charge >= 0.3 is 17.9 Å². The first kappa shape index (κ1) is 28.6.